The molecular weight excluding hydrogens is 232 g/mol. The predicted molar refractivity (Wildman–Crippen MR) is 66.0 cm³/mol. The minimum absolute atomic E-state index is 0.130. The molecule has 0 bridgehead atoms. The molecule has 0 fully saturated rings. The highest BCUT2D eigenvalue weighted by Gasteiger charge is 2.31. The van der Waals surface area contributed by atoms with Crippen LogP contribution in [0.2, 0.25) is 0 Å². The van der Waals surface area contributed by atoms with Gasteiger partial charge in [0.15, 0.2) is 0 Å². The smallest absolute Gasteiger partial charge is 0.337 e. The fraction of sp³-hybridized carbons (Fsp3) is 0. The molecule has 0 heterocycles. The molecule has 0 saturated heterocycles. The maximum absolute atomic E-state index is 11.3. The Balaban J connectivity index is 2.51. The number of rotatable bonds is 2. The van der Waals surface area contributed by atoms with Crippen LogP contribution < -0.4 is 0 Å². The second kappa shape index (κ2) is 3.43. The third kappa shape index (κ3) is 1.20. The van der Waals surface area contributed by atoms with Crippen LogP contribution in [-0.2, 0) is 9.59 Å². The van der Waals surface area contributed by atoms with Crippen LogP contribution >= 0.6 is 0 Å². The Morgan fingerprint density at radius 2 is 1.22 bits per heavy atom. The molecule has 0 spiro atoms. The summed E-state index contributed by atoms with van der Waals surface area (Å²) in [5, 5.41) is 20.0. The number of aliphatic carboxylic acids is 2. The topological polar surface area (TPSA) is 74.6 Å². The second-order valence-electron chi connectivity index (χ2n) is 4.07. The number of carboxylic acids is 2. The van der Waals surface area contributed by atoms with Crippen LogP contribution in [0.25, 0.3) is 21.9 Å². The van der Waals surface area contributed by atoms with Gasteiger partial charge in [-0.25, -0.2) is 9.59 Å². The monoisotopic (exact) mass is 240 g/mol. The first-order valence-electron chi connectivity index (χ1n) is 5.34. The molecule has 2 aromatic carbocycles. The van der Waals surface area contributed by atoms with Crippen molar-refractivity contribution in [3.05, 3.63) is 47.5 Å². The van der Waals surface area contributed by atoms with Crippen LogP contribution in [0.4, 0.5) is 0 Å². The molecule has 0 unspecified atom stereocenters. The maximum Gasteiger partial charge on any atom is 0.337 e. The average Bonchev–Trinajstić information content (AvgIpc) is 2.67. The highest BCUT2D eigenvalue weighted by Crippen LogP contribution is 2.42. The van der Waals surface area contributed by atoms with Crippen molar-refractivity contribution in [2.24, 2.45) is 0 Å². The largest absolute Gasteiger partial charge is 0.478 e. The Morgan fingerprint density at radius 3 is 1.61 bits per heavy atom. The summed E-state index contributed by atoms with van der Waals surface area (Å²) in [6, 6.07) is 10.4. The first-order chi connectivity index (χ1) is 8.61. The zero-order chi connectivity index (χ0) is 12.9. The van der Waals surface area contributed by atoms with Gasteiger partial charge in [-0.05, 0) is 21.9 Å². The Labute approximate surface area is 102 Å². The summed E-state index contributed by atoms with van der Waals surface area (Å²) in [6.07, 6.45) is 0. The molecule has 2 N–H and O–H groups in total. The van der Waals surface area contributed by atoms with Gasteiger partial charge in [-0.1, -0.05) is 36.4 Å². The van der Waals surface area contributed by atoms with Crippen molar-refractivity contribution in [3.63, 3.8) is 0 Å². The van der Waals surface area contributed by atoms with Crippen molar-refractivity contribution >= 4 is 33.9 Å². The van der Waals surface area contributed by atoms with E-state index in [1.807, 2.05) is 12.1 Å². The van der Waals surface area contributed by atoms with E-state index in [1.165, 1.54) is 0 Å². The first-order valence-corrected chi connectivity index (χ1v) is 5.34. The van der Waals surface area contributed by atoms with Crippen LogP contribution in [0.5, 0.6) is 0 Å². The lowest BCUT2D eigenvalue weighted by Gasteiger charge is -2.01. The van der Waals surface area contributed by atoms with E-state index in [0.29, 0.717) is 16.5 Å². The van der Waals surface area contributed by atoms with E-state index in [1.54, 1.807) is 24.3 Å². The average molecular weight is 240 g/mol. The van der Waals surface area contributed by atoms with Gasteiger partial charge in [-0.15, -0.1) is 0 Å². The summed E-state index contributed by atoms with van der Waals surface area (Å²) in [7, 11) is 0. The van der Waals surface area contributed by atoms with Gasteiger partial charge in [-0.3, -0.25) is 0 Å². The summed E-state index contributed by atoms with van der Waals surface area (Å²) in [6.45, 7) is 0. The third-order valence-corrected chi connectivity index (χ3v) is 3.12. The van der Waals surface area contributed by atoms with Crippen molar-refractivity contribution in [1.82, 2.24) is 0 Å². The zero-order valence-corrected chi connectivity index (χ0v) is 9.18. The standard InChI is InChI=1S/C14H8O4/c15-13(16)11-8-5-1-3-7-4-2-6-9(10(7)8)12(11)14(17)18/h1-6H,(H,15,16)(H,17,18). The molecule has 2 aromatic rings. The molecule has 3 rings (SSSR count). The lowest BCUT2D eigenvalue weighted by atomic mass is 10.0. The van der Waals surface area contributed by atoms with E-state index in [-0.39, 0.29) is 11.1 Å². The summed E-state index contributed by atoms with van der Waals surface area (Å²) in [5.74, 6) is -2.42. The zero-order valence-electron chi connectivity index (χ0n) is 9.18. The van der Waals surface area contributed by atoms with Crippen molar-refractivity contribution in [3.8, 4) is 0 Å². The van der Waals surface area contributed by atoms with E-state index in [9.17, 15) is 19.8 Å². The van der Waals surface area contributed by atoms with Gasteiger partial charge < -0.3 is 10.2 Å². The van der Waals surface area contributed by atoms with Crippen LogP contribution in [0, 0.1) is 0 Å². The molecule has 1 aliphatic rings. The van der Waals surface area contributed by atoms with E-state index in [2.05, 4.69) is 0 Å². The summed E-state index contributed by atoms with van der Waals surface area (Å²) in [4.78, 5) is 22.6. The molecule has 0 aliphatic heterocycles. The molecule has 88 valence electrons. The quantitative estimate of drug-likeness (QED) is 0.844. The van der Waals surface area contributed by atoms with Gasteiger partial charge in [0.25, 0.3) is 0 Å². The molecule has 4 nitrogen and oxygen atoms in total. The van der Waals surface area contributed by atoms with Gasteiger partial charge >= 0.3 is 11.9 Å². The third-order valence-electron chi connectivity index (χ3n) is 3.12. The number of hydrogen-bond acceptors (Lipinski definition) is 2. The molecule has 0 atom stereocenters. The molecule has 4 heteroatoms. The Bertz CT molecular complexity index is 682. The highest BCUT2D eigenvalue weighted by molar-refractivity contribution is 6.43. The van der Waals surface area contributed by atoms with E-state index < -0.39 is 11.9 Å². The van der Waals surface area contributed by atoms with Gasteiger partial charge in [-0.2, -0.15) is 0 Å². The van der Waals surface area contributed by atoms with Gasteiger partial charge in [0.2, 0.25) is 0 Å². The fourth-order valence-electron chi connectivity index (χ4n) is 2.47. The minimum atomic E-state index is -1.21. The maximum atomic E-state index is 11.3. The molecule has 18 heavy (non-hydrogen) atoms. The number of carboxylic acid groups (broad SMARTS) is 2. The number of carbonyl (C=O) groups is 2. The minimum Gasteiger partial charge on any atom is -0.478 e. The number of benzene rings is 2. The normalized spacial score (nSPS) is 13.1. The molecule has 0 aromatic heterocycles. The molecule has 0 radical (unpaired) electrons. The summed E-state index contributed by atoms with van der Waals surface area (Å²) >= 11 is 0. The van der Waals surface area contributed by atoms with Gasteiger partial charge in [0.1, 0.15) is 0 Å². The number of hydrogen-bond donors (Lipinski definition) is 2. The SMILES string of the molecule is O=C(O)C1=C(C(=O)O)c2cccc3cccc1c23. The van der Waals surface area contributed by atoms with E-state index >= 15 is 0 Å². The van der Waals surface area contributed by atoms with Crippen LogP contribution in [-0.4, -0.2) is 22.2 Å². The van der Waals surface area contributed by atoms with Crippen molar-refractivity contribution < 1.29 is 19.8 Å². The van der Waals surface area contributed by atoms with Crippen LogP contribution in [0.3, 0.4) is 0 Å². The lowest BCUT2D eigenvalue weighted by molar-refractivity contribution is -0.132. The molecule has 1 aliphatic carbocycles. The first kappa shape index (κ1) is 10.5. The second-order valence-corrected chi connectivity index (χ2v) is 4.07. The Morgan fingerprint density at radius 1 is 0.778 bits per heavy atom. The summed E-state index contributed by atoms with van der Waals surface area (Å²) in [5.41, 5.74) is 0.699. The fourth-order valence-corrected chi connectivity index (χ4v) is 2.47. The molecule has 0 saturated carbocycles. The predicted octanol–water partition coefficient (Wildman–Crippen LogP) is 2.23. The molecule has 0 amide bonds. The van der Waals surface area contributed by atoms with Gasteiger partial charge in [0.05, 0.1) is 11.1 Å². The van der Waals surface area contributed by atoms with Crippen LogP contribution in [0.15, 0.2) is 36.4 Å². The van der Waals surface area contributed by atoms with Crippen molar-refractivity contribution in [1.29, 1.82) is 0 Å². The lowest BCUT2D eigenvalue weighted by Crippen LogP contribution is -2.05. The Kier molecular flexibility index (Phi) is 2.01. The van der Waals surface area contributed by atoms with E-state index in [4.69, 9.17) is 0 Å². The molecular formula is C14H8O4. The highest BCUT2D eigenvalue weighted by atomic mass is 16.4. The van der Waals surface area contributed by atoms with E-state index in [0.717, 1.165) is 5.39 Å². The van der Waals surface area contributed by atoms with Crippen molar-refractivity contribution in [2.45, 2.75) is 0 Å². The summed E-state index contributed by atoms with van der Waals surface area (Å²) < 4.78 is 0. The Hall–Kier alpha value is -2.62. The van der Waals surface area contributed by atoms with Gasteiger partial charge in [0, 0.05) is 0 Å². The van der Waals surface area contributed by atoms with Crippen LogP contribution in [0.1, 0.15) is 11.1 Å². The van der Waals surface area contributed by atoms with Crippen molar-refractivity contribution in [2.75, 3.05) is 0 Å².